The van der Waals surface area contributed by atoms with Gasteiger partial charge >= 0.3 is 6.01 Å². The van der Waals surface area contributed by atoms with Crippen molar-refractivity contribution in [2.75, 3.05) is 6.61 Å². The number of nitrogens with zero attached hydrogens (tertiary/aromatic N) is 2. The Bertz CT molecular complexity index is 254. The molecule has 0 aliphatic carbocycles. The molecule has 5 heteroatoms. The molecule has 0 aromatic carbocycles. The first kappa shape index (κ1) is 7.84. The highest BCUT2D eigenvalue weighted by Gasteiger charge is 2.04. The van der Waals surface area contributed by atoms with Crippen molar-refractivity contribution in [3.05, 3.63) is 18.0 Å². The van der Waals surface area contributed by atoms with Gasteiger partial charge in [-0.2, -0.15) is 9.37 Å². The van der Waals surface area contributed by atoms with Gasteiger partial charge in [0.25, 0.3) is 5.95 Å². The largest absolute Gasteiger partial charge is 0.464 e. The molecule has 0 radical (unpaired) electrons. The average molecular weight is 160 g/mol. The van der Waals surface area contributed by atoms with E-state index in [0.29, 0.717) is 6.61 Å². The van der Waals surface area contributed by atoms with Crippen LogP contribution in [-0.2, 0) is 0 Å². The molecule has 1 aromatic heterocycles. The van der Waals surface area contributed by atoms with Crippen LogP contribution in [0.3, 0.4) is 0 Å². The zero-order valence-electron chi connectivity index (χ0n) is 5.84. The number of ether oxygens (including phenoxy) is 1. The summed E-state index contributed by atoms with van der Waals surface area (Å²) in [6, 6.07) is -0.147. The van der Waals surface area contributed by atoms with Gasteiger partial charge in [0.1, 0.15) is 0 Å². The van der Waals surface area contributed by atoms with Gasteiger partial charge in [-0.3, -0.25) is 0 Å². The summed E-state index contributed by atoms with van der Waals surface area (Å²) < 4.78 is 29.2. The van der Waals surface area contributed by atoms with Gasteiger partial charge in [-0.1, -0.05) is 0 Å². The van der Waals surface area contributed by atoms with Crippen LogP contribution in [0.1, 0.15) is 6.92 Å². The average Bonchev–Trinajstić information content (AvgIpc) is 1.98. The van der Waals surface area contributed by atoms with Crippen LogP contribution in [-0.4, -0.2) is 16.6 Å². The second-order valence-corrected chi connectivity index (χ2v) is 1.72. The van der Waals surface area contributed by atoms with Crippen molar-refractivity contribution in [3.8, 4) is 6.01 Å². The molecular formula is C6H6F2N2O. The van der Waals surface area contributed by atoms with E-state index in [9.17, 15) is 8.78 Å². The zero-order chi connectivity index (χ0) is 8.27. The molecule has 0 aliphatic rings. The molecule has 1 rings (SSSR count). The van der Waals surface area contributed by atoms with Crippen molar-refractivity contribution in [2.24, 2.45) is 0 Å². The van der Waals surface area contributed by atoms with E-state index in [-0.39, 0.29) is 6.01 Å². The monoisotopic (exact) mass is 160 g/mol. The Balaban J connectivity index is 2.86. The highest BCUT2D eigenvalue weighted by Crippen LogP contribution is 2.05. The van der Waals surface area contributed by atoms with Crippen LogP contribution in [0.5, 0.6) is 6.01 Å². The van der Waals surface area contributed by atoms with E-state index >= 15 is 0 Å². The normalized spacial score (nSPS) is 9.73. The fourth-order valence-electron chi connectivity index (χ4n) is 0.530. The lowest BCUT2D eigenvalue weighted by atomic mass is 10.6. The predicted molar refractivity (Wildman–Crippen MR) is 33.1 cm³/mol. The summed E-state index contributed by atoms with van der Waals surface area (Å²) in [6.07, 6.45) is 0.729. The third kappa shape index (κ3) is 1.83. The van der Waals surface area contributed by atoms with Crippen LogP contribution in [0.2, 0.25) is 0 Å². The standard InChI is InChI=1S/C6H6F2N2O/c1-2-11-6-9-3-4(7)5(8)10-6/h3H,2H2,1H3. The van der Waals surface area contributed by atoms with E-state index < -0.39 is 11.8 Å². The molecule has 0 saturated heterocycles. The van der Waals surface area contributed by atoms with Crippen molar-refractivity contribution in [1.82, 2.24) is 9.97 Å². The number of hydrogen-bond donors (Lipinski definition) is 0. The van der Waals surface area contributed by atoms with Gasteiger partial charge < -0.3 is 4.74 Å². The number of rotatable bonds is 2. The van der Waals surface area contributed by atoms with Crippen LogP contribution >= 0.6 is 0 Å². The number of halogens is 2. The van der Waals surface area contributed by atoms with Crippen LogP contribution < -0.4 is 4.74 Å². The Kier molecular flexibility index (Phi) is 2.30. The molecule has 0 spiro atoms. The quantitative estimate of drug-likeness (QED) is 0.609. The summed E-state index contributed by atoms with van der Waals surface area (Å²) in [4.78, 5) is 6.47. The van der Waals surface area contributed by atoms with Gasteiger partial charge in [0, 0.05) is 0 Å². The molecule has 1 aromatic rings. The van der Waals surface area contributed by atoms with Gasteiger partial charge in [-0.05, 0) is 6.92 Å². The molecule has 0 atom stereocenters. The van der Waals surface area contributed by atoms with Gasteiger partial charge in [-0.25, -0.2) is 9.37 Å². The minimum atomic E-state index is -1.19. The molecule has 3 nitrogen and oxygen atoms in total. The van der Waals surface area contributed by atoms with E-state index in [1.54, 1.807) is 6.92 Å². The topological polar surface area (TPSA) is 35.0 Å². The van der Waals surface area contributed by atoms with Crippen LogP contribution in [0.25, 0.3) is 0 Å². The van der Waals surface area contributed by atoms with E-state index in [1.807, 2.05) is 0 Å². The molecule has 0 saturated carbocycles. The van der Waals surface area contributed by atoms with Gasteiger partial charge in [0.05, 0.1) is 12.8 Å². The van der Waals surface area contributed by atoms with Crippen molar-refractivity contribution >= 4 is 0 Å². The smallest absolute Gasteiger partial charge is 0.319 e. The number of hydrogen-bond acceptors (Lipinski definition) is 3. The molecule has 60 valence electrons. The summed E-state index contributed by atoms with van der Waals surface area (Å²) in [7, 11) is 0. The SMILES string of the molecule is CCOc1ncc(F)c(F)n1. The predicted octanol–water partition coefficient (Wildman–Crippen LogP) is 1.15. The minimum absolute atomic E-state index is 0.147. The maximum absolute atomic E-state index is 12.3. The Labute approximate surface area is 62.0 Å². The highest BCUT2D eigenvalue weighted by atomic mass is 19.2. The first-order valence-electron chi connectivity index (χ1n) is 3.05. The Hall–Kier alpha value is -1.26. The summed E-state index contributed by atoms with van der Waals surface area (Å²) in [6.45, 7) is 2.02. The second-order valence-electron chi connectivity index (χ2n) is 1.72. The molecule has 0 amide bonds. The summed E-state index contributed by atoms with van der Waals surface area (Å²) >= 11 is 0. The van der Waals surface area contributed by atoms with Gasteiger partial charge in [-0.15, -0.1) is 0 Å². The summed E-state index contributed by atoms with van der Waals surface area (Å²) in [5, 5.41) is 0. The molecule has 0 fully saturated rings. The maximum atomic E-state index is 12.3. The summed E-state index contributed by atoms with van der Waals surface area (Å²) in [5.41, 5.74) is 0. The molecule has 0 bridgehead atoms. The Morgan fingerprint density at radius 2 is 2.27 bits per heavy atom. The molecule has 0 aliphatic heterocycles. The lowest BCUT2D eigenvalue weighted by Crippen LogP contribution is -2.00. The van der Waals surface area contributed by atoms with E-state index in [0.717, 1.165) is 6.20 Å². The molecule has 11 heavy (non-hydrogen) atoms. The molecule has 0 unspecified atom stereocenters. The van der Waals surface area contributed by atoms with Gasteiger partial charge in [0.15, 0.2) is 5.82 Å². The van der Waals surface area contributed by atoms with Crippen molar-refractivity contribution in [1.29, 1.82) is 0 Å². The second kappa shape index (κ2) is 3.23. The lowest BCUT2D eigenvalue weighted by Gasteiger charge is -1.98. The van der Waals surface area contributed by atoms with Crippen LogP contribution in [0.15, 0.2) is 6.20 Å². The number of aromatic nitrogens is 2. The fraction of sp³-hybridized carbons (Fsp3) is 0.333. The Morgan fingerprint density at radius 3 is 2.82 bits per heavy atom. The first-order chi connectivity index (χ1) is 5.24. The van der Waals surface area contributed by atoms with Gasteiger partial charge in [0.2, 0.25) is 0 Å². The molecular weight excluding hydrogens is 154 g/mol. The first-order valence-corrected chi connectivity index (χ1v) is 3.05. The van der Waals surface area contributed by atoms with Crippen LogP contribution in [0, 0.1) is 11.8 Å². The van der Waals surface area contributed by atoms with Crippen molar-refractivity contribution in [2.45, 2.75) is 6.92 Å². The molecule has 0 N–H and O–H groups in total. The lowest BCUT2D eigenvalue weighted by molar-refractivity contribution is 0.301. The van der Waals surface area contributed by atoms with Crippen molar-refractivity contribution in [3.63, 3.8) is 0 Å². The maximum Gasteiger partial charge on any atom is 0.319 e. The third-order valence-electron chi connectivity index (χ3n) is 0.953. The highest BCUT2D eigenvalue weighted by molar-refractivity contribution is 4.97. The summed E-state index contributed by atoms with van der Waals surface area (Å²) in [5.74, 6) is -2.27. The van der Waals surface area contributed by atoms with E-state index in [4.69, 9.17) is 4.74 Å². The minimum Gasteiger partial charge on any atom is -0.464 e. The van der Waals surface area contributed by atoms with Crippen LogP contribution in [0.4, 0.5) is 8.78 Å². The van der Waals surface area contributed by atoms with Crippen molar-refractivity contribution < 1.29 is 13.5 Å². The van der Waals surface area contributed by atoms with E-state index in [2.05, 4.69) is 9.97 Å². The Morgan fingerprint density at radius 1 is 1.55 bits per heavy atom. The fourth-order valence-corrected chi connectivity index (χ4v) is 0.530. The molecule has 1 heterocycles. The zero-order valence-corrected chi connectivity index (χ0v) is 5.84. The third-order valence-corrected chi connectivity index (χ3v) is 0.953. The van der Waals surface area contributed by atoms with E-state index in [1.165, 1.54) is 0 Å².